The lowest BCUT2D eigenvalue weighted by molar-refractivity contribution is -0.115. The van der Waals surface area contributed by atoms with Crippen LogP contribution in [0.2, 0.25) is 10.0 Å². The van der Waals surface area contributed by atoms with Crippen LogP contribution < -0.4 is 10.0 Å². The third kappa shape index (κ3) is 5.80. The van der Waals surface area contributed by atoms with Gasteiger partial charge in [-0.25, -0.2) is 13.1 Å². The van der Waals surface area contributed by atoms with Crippen LogP contribution in [0.5, 0.6) is 0 Å². The molecule has 9 heteroatoms. The lowest BCUT2D eigenvalue weighted by Gasteiger charge is -2.09. The molecule has 1 aromatic heterocycles. The molecule has 1 amide bonds. The second kappa shape index (κ2) is 7.74. The molecule has 0 bridgehead atoms. The number of amides is 1. The van der Waals surface area contributed by atoms with Gasteiger partial charge in [0.15, 0.2) is 0 Å². The number of anilines is 1. The second-order valence-electron chi connectivity index (χ2n) is 4.61. The van der Waals surface area contributed by atoms with Crippen molar-refractivity contribution in [2.24, 2.45) is 0 Å². The van der Waals surface area contributed by atoms with Gasteiger partial charge in [-0.1, -0.05) is 23.2 Å². The fraction of sp³-hybridized carbons (Fsp3) is 0.143. The van der Waals surface area contributed by atoms with Crippen molar-refractivity contribution in [2.45, 2.75) is 5.75 Å². The van der Waals surface area contributed by atoms with Gasteiger partial charge < -0.3 is 5.32 Å². The van der Waals surface area contributed by atoms with Crippen LogP contribution in [0.1, 0.15) is 5.56 Å². The van der Waals surface area contributed by atoms with E-state index in [4.69, 9.17) is 23.2 Å². The third-order valence-corrected chi connectivity index (χ3v) is 4.63. The molecule has 0 radical (unpaired) electrons. The number of hydrogen-bond acceptors (Lipinski definition) is 4. The molecule has 0 aliphatic carbocycles. The first-order valence-corrected chi connectivity index (χ1v) is 8.88. The molecule has 1 aromatic carbocycles. The summed E-state index contributed by atoms with van der Waals surface area (Å²) < 4.78 is 26.2. The molecule has 2 N–H and O–H groups in total. The lowest BCUT2D eigenvalue weighted by Crippen LogP contribution is -2.33. The maximum absolute atomic E-state index is 12.0. The van der Waals surface area contributed by atoms with Crippen LogP contribution in [-0.2, 0) is 20.6 Å². The number of hydrogen-bond donors (Lipinski definition) is 2. The number of halogens is 2. The van der Waals surface area contributed by atoms with Gasteiger partial charge in [0.2, 0.25) is 15.9 Å². The van der Waals surface area contributed by atoms with Crippen molar-refractivity contribution in [3.05, 3.63) is 58.3 Å². The molecule has 0 spiro atoms. The van der Waals surface area contributed by atoms with Crippen LogP contribution >= 0.6 is 23.2 Å². The van der Waals surface area contributed by atoms with E-state index in [0.29, 0.717) is 21.3 Å². The predicted molar refractivity (Wildman–Crippen MR) is 90.0 cm³/mol. The van der Waals surface area contributed by atoms with Gasteiger partial charge in [-0.3, -0.25) is 9.78 Å². The number of aromatic nitrogens is 1. The molecule has 1 heterocycles. The number of benzene rings is 1. The first kappa shape index (κ1) is 17.7. The monoisotopic (exact) mass is 373 g/mol. The highest BCUT2D eigenvalue weighted by Crippen LogP contribution is 2.22. The van der Waals surface area contributed by atoms with Gasteiger partial charge in [-0.05, 0) is 35.9 Å². The summed E-state index contributed by atoms with van der Waals surface area (Å²) in [6.45, 7) is -0.393. The van der Waals surface area contributed by atoms with Crippen molar-refractivity contribution in [1.82, 2.24) is 9.71 Å². The summed E-state index contributed by atoms with van der Waals surface area (Å²) in [7, 11) is -3.73. The Hall–Kier alpha value is -1.67. The number of nitrogens with zero attached hydrogens (tertiary/aromatic N) is 1. The molecule has 0 atom stereocenters. The number of pyridine rings is 1. The van der Waals surface area contributed by atoms with Crippen molar-refractivity contribution in [1.29, 1.82) is 0 Å². The Labute approximate surface area is 143 Å². The quantitative estimate of drug-likeness (QED) is 0.813. The number of nitrogens with one attached hydrogen (secondary N) is 2. The smallest absolute Gasteiger partial charge is 0.239 e. The largest absolute Gasteiger partial charge is 0.324 e. The van der Waals surface area contributed by atoms with Gasteiger partial charge in [0.25, 0.3) is 0 Å². The number of carbonyl (C=O) groups excluding carboxylic acids is 1. The van der Waals surface area contributed by atoms with Gasteiger partial charge in [0.1, 0.15) is 0 Å². The Morgan fingerprint density at radius 3 is 2.70 bits per heavy atom. The Bertz CT molecular complexity index is 798. The summed E-state index contributed by atoms with van der Waals surface area (Å²) in [5.41, 5.74) is 0.842. The average molecular weight is 374 g/mol. The average Bonchev–Trinajstić information content (AvgIpc) is 2.50. The van der Waals surface area contributed by atoms with Gasteiger partial charge >= 0.3 is 0 Å². The van der Waals surface area contributed by atoms with E-state index in [1.807, 2.05) is 0 Å². The van der Waals surface area contributed by atoms with Crippen LogP contribution in [0.15, 0.2) is 42.7 Å². The molecule has 0 fully saturated rings. The fourth-order valence-electron chi connectivity index (χ4n) is 1.73. The third-order valence-electron chi connectivity index (χ3n) is 2.75. The Morgan fingerprint density at radius 2 is 2.00 bits per heavy atom. The molecule has 0 aliphatic rings. The van der Waals surface area contributed by atoms with E-state index in [2.05, 4.69) is 15.0 Å². The van der Waals surface area contributed by atoms with E-state index in [1.165, 1.54) is 18.3 Å². The molecular weight excluding hydrogens is 361 g/mol. The minimum Gasteiger partial charge on any atom is -0.324 e. The molecule has 23 heavy (non-hydrogen) atoms. The molecule has 0 saturated heterocycles. The zero-order chi connectivity index (χ0) is 16.9. The summed E-state index contributed by atoms with van der Waals surface area (Å²) in [5.74, 6) is -0.870. The molecule has 0 saturated carbocycles. The minimum absolute atomic E-state index is 0.291. The van der Waals surface area contributed by atoms with Crippen molar-refractivity contribution < 1.29 is 13.2 Å². The van der Waals surface area contributed by atoms with E-state index >= 15 is 0 Å². The highest BCUT2D eigenvalue weighted by atomic mass is 35.5. The fourth-order valence-corrected chi connectivity index (χ4v) is 3.29. The van der Waals surface area contributed by atoms with E-state index in [0.717, 1.165) is 0 Å². The van der Waals surface area contributed by atoms with Gasteiger partial charge in [-0.15, -0.1) is 0 Å². The van der Waals surface area contributed by atoms with Crippen LogP contribution in [0.4, 0.5) is 5.69 Å². The Kier molecular flexibility index (Phi) is 5.95. The van der Waals surface area contributed by atoms with E-state index < -0.39 is 22.5 Å². The highest BCUT2D eigenvalue weighted by Gasteiger charge is 2.16. The molecule has 122 valence electrons. The predicted octanol–water partition coefficient (Wildman–Crippen LogP) is 2.45. The SMILES string of the molecule is O=C(CNS(=O)(=O)Cc1cc(Cl)ccc1Cl)Nc1cccnc1. The highest BCUT2D eigenvalue weighted by molar-refractivity contribution is 7.88. The standard InChI is InChI=1S/C14H13Cl2N3O3S/c15-11-3-4-13(16)10(6-11)9-23(21,22)18-8-14(20)19-12-2-1-5-17-7-12/h1-7,18H,8-9H2,(H,19,20). The summed E-state index contributed by atoms with van der Waals surface area (Å²) in [4.78, 5) is 15.6. The van der Waals surface area contributed by atoms with Crippen molar-refractivity contribution in [2.75, 3.05) is 11.9 Å². The summed E-state index contributed by atoms with van der Waals surface area (Å²) in [6.07, 6.45) is 3.02. The van der Waals surface area contributed by atoms with Crippen molar-refractivity contribution in [3.63, 3.8) is 0 Å². The minimum atomic E-state index is -3.73. The topological polar surface area (TPSA) is 88.2 Å². The lowest BCUT2D eigenvalue weighted by atomic mass is 10.2. The molecule has 2 aromatic rings. The first-order chi connectivity index (χ1) is 10.9. The van der Waals surface area contributed by atoms with Gasteiger partial charge in [-0.2, -0.15) is 0 Å². The first-order valence-electron chi connectivity index (χ1n) is 6.47. The normalized spacial score (nSPS) is 11.2. The molecular formula is C14H13Cl2N3O3S. The summed E-state index contributed by atoms with van der Waals surface area (Å²) >= 11 is 11.8. The zero-order valence-corrected chi connectivity index (χ0v) is 14.1. The maximum Gasteiger partial charge on any atom is 0.239 e. The van der Waals surface area contributed by atoms with Crippen LogP contribution in [0.3, 0.4) is 0 Å². The van der Waals surface area contributed by atoms with Crippen LogP contribution in [-0.4, -0.2) is 25.9 Å². The summed E-state index contributed by atoms with van der Waals surface area (Å²) in [6, 6.07) is 7.85. The van der Waals surface area contributed by atoms with E-state index in [-0.39, 0.29) is 5.75 Å². The Morgan fingerprint density at radius 1 is 1.22 bits per heavy atom. The zero-order valence-electron chi connectivity index (χ0n) is 11.8. The van der Waals surface area contributed by atoms with Crippen LogP contribution in [0, 0.1) is 0 Å². The van der Waals surface area contributed by atoms with E-state index in [1.54, 1.807) is 24.4 Å². The van der Waals surface area contributed by atoms with Gasteiger partial charge in [0.05, 0.1) is 24.2 Å². The maximum atomic E-state index is 12.0. The van der Waals surface area contributed by atoms with Gasteiger partial charge in [0, 0.05) is 16.2 Å². The molecule has 2 rings (SSSR count). The number of carbonyl (C=O) groups is 1. The number of rotatable bonds is 6. The molecule has 6 nitrogen and oxygen atoms in total. The number of sulfonamides is 1. The summed E-state index contributed by atoms with van der Waals surface area (Å²) in [5, 5.41) is 3.20. The van der Waals surface area contributed by atoms with E-state index in [9.17, 15) is 13.2 Å². The van der Waals surface area contributed by atoms with Crippen molar-refractivity contribution >= 4 is 44.8 Å². The van der Waals surface area contributed by atoms with Crippen LogP contribution in [0.25, 0.3) is 0 Å². The molecule has 0 aliphatic heterocycles. The second-order valence-corrected chi connectivity index (χ2v) is 7.26. The molecule has 0 unspecified atom stereocenters. The van der Waals surface area contributed by atoms with Crippen molar-refractivity contribution in [3.8, 4) is 0 Å². The Balaban J connectivity index is 1.93.